The van der Waals surface area contributed by atoms with E-state index in [4.69, 9.17) is 19.7 Å². The molecule has 0 bridgehead atoms. The second kappa shape index (κ2) is 33.2. The molecule has 0 spiro atoms. The topological polar surface area (TPSA) is 327 Å². The first-order valence-corrected chi connectivity index (χ1v) is 21.2. The summed E-state index contributed by atoms with van der Waals surface area (Å²) in [6.45, 7) is 1.30. The third kappa shape index (κ3) is 24.8. The van der Waals surface area contributed by atoms with Crippen molar-refractivity contribution in [3.05, 3.63) is 24.4 Å². The maximum Gasteiger partial charge on any atom is 0.251 e. The van der Waals surface area contributed by atoms with Crippen LogP contribution in [-0.2, 0) is 33.4 Å². The van der Waals surface area contributed by atoms with Crippen LogP contribution in [0, 0.1) is 0 Å². The van der Waals surface area contributed by atoms with Gasteiger partial charge in [0.1, 0.15) is 41.6 Å². The van der Waals surface area contributed by atoms with Gasteiger partial charge in [0.25, 0.3) is 11.8 Å². The van der Waals surface area contributed by atoms with Crippen molar-refractivity contribution in [3.8, 4) is 0 Å². The molecule has 8 atom stereocenters. The minimum Gasteiger partial charge on any atom is -0.394 e. The zero-order chi connectivity index (χ0) is 43.2. The number of aromatic nitrogens is 1. The molecule has 1 rings (SSSR count). The molecule has 0 aromatic carbocycles. The Bertz CT molecular complexity index is 1280. The van der Waals surface area contributed by atoms with Crippen molar-refractivity contribution in [2.24, 2.45) is 0 Å². The number of amides is 4. The third-order valence-electron chi connectivity index (χ3n) is 7.59. The van der Waals surface area contributed by atoms with E-state index in [-0.39, 0.29) is 35.8 Å². The van der Waals surface area contributed by atoms with Crippen LogP contribution in [0.15, 0.2) is 29.4 Å². The van der Waals surface area contributed by atoms with Crippen molar-refractivity contribution >= 4 is 62.1 Å². The Labute approximate surface area is 344 Å². The average molecular weight is 874 g/mol. The second-order valence-electron chi connectivity index (χ2n) is 12.1. The Morgan fingerprint density at radius 2 is 1.16 bits per heavy atom. The quantitative estimate of drug-likeness (QED) is 0.0277. The first-order valence-electron chi connectivity index (χ1n) is 17.9. The van der Waals surface area contributed by atoms with Gasteiger partial charge in [0.2, 0.25) is 11.8 Å². The van der Waals surface area contributed by atoms with E-state index >= 15 is 0 Å². The summed E-state index contributed by atoms with van der Waals surface area (Å²) in [4.78, 5) is 61.8. The van der Waals surface area contributed by atoms with Gasteiger partial charge < -0.3 is 71.6 Å². The van der Waals surface area contributed by atoms with Gasteiger partial charge in [-0.15, -0.1) is 0 Å². The van der Waals surface area contributed by atoms with E-state index in [2.05, 4.69) is 26.3 Å². The fraction of sp³-hybridized carbons (Fsp3) is 0.706. The zero-order valence-electron chi connectivity index (χ0n) is 32.2. The largest absolute Gasteiger partial charge is 0.394 e. The normalized spacial score (nSPS) is 15.3. The number of ether oxygens (including phenoxy) is 2. The highest BCUT2D eigenvalue weighted by Gasteiger charge is 2.36. The lowest BCUT2D eigenvalue weighted by Crippen LogP contribution is -2.52. The lowest BCUT2D eigenvalue weighted by Gasteiger charge is -2.27. The molecule has 0 radical (unpaired) electrons. The van der Waals surface area contributed by atoms with Gasteiger partial charge in [0.05, 0.1) is 19.0 Å². The minimum absolute atomic E-state index is 0.0512. The average Bonchev–Trinajstić information content (AvgIpc) is 3.21. The number of hydrogen-bond donors (Lipinski definition) is 12. The number of unbranched alkanes of at least 4 members (excludes halogenated alkanes) is 2. The Balaban J connectivity index is 0.00000112. The highest BCUT2D eigenvalue weighted by Crippen LogP contribution is 2.29. The van der Waals surface area contributed by atoms with Crippen LogP contribution in [0.25, 0.3) is 0 Å². The summed E-state index contributed by atoms with van der Waals surface area (Å²) >= 11 is 0.922. The van der Waals surface area contributed by atoms with Gasteiger partial charge in [-0.3, -0.25) is 24.0 Å². The van der Waals surface area contributed by atoms with Gasteiger partial charge >= 0.3 is 0 Å². The fourth-order valence-corrected chi connectivity index (χ4v) is 6.76. The van der Waals surface area contributed by atoms with Crippen LogP contribution in [0.4, 0.5) is 0 Å². The Kier molecular flexibility index (Phi) is 31.7. The standard InChI is InChI=1S/C19H31N3O7S2.C15H28N2O8S/c1-29-18(13(24)12-23)16(26)17(27)19(28)22-10-5-4-8-20-14(25)7-11-30-31-15-6-2-3-9-21-15;1-9(19)26-8-11(21)16-5-3-4-6-17-15(24)13(23)12(22)14(25-2)10(20)7-18/h2-3,6,9,13,16-18,23-24,26-27H,4-5,7-8,10-12H2,1H3,(H,20,25)(H,22,28);10,12-14,18,20,22-23H,3-8H2,1-2H3,(H,16,21)(H,17,24)/t13?,16-,17?,18-;10?,12-,13?,14-/m11/s1. The Hall–Kier alpha value is -2.65. The lowest BCUT2D eigenvalue weighted by atomic mass is 10.0. The van der Waals surface area contributed by atoms with E-state index in [1.54, 1.807) is 17.0 Å². The molecule has 1 aromatic heterocycles. The monoisotopic (exact) mass is 873 g/mol. The minimum atomic E-state index is -1.83. The number of hydrogen-bond acceptors (Lipinski definition) is 19. The molecule has 1 aromatic rings. The lowest BCUT2D eigenvalue weighted by molar-refractivity contribution is -0.154. The number of aliphatic hydroxyl groups excluding tert-OH is 8. The first-order chi connectivity index (χ1) is 27.1. The molecular formula is C34H59N5O15S3. The van der Waals surface area contributed by atoms with Crippen molar-refractivity contribution in [3.63, 3.8) is 0 Å². The molecule has 57 heavy (non-hydrogen) atoms. The van der Waals surface area contributed by atoms with Crippen molar-refractivity contribution in [1.29, 1.82) is 0 Å². The number of aliphatic hydroxyl groups is 8. The number of thioether (sulfide) groups is 1. The van der Waals surface area contributed by atoms with Crippen LogP contribution in [0.3, 0.4) is 0 Å². The molecule has 4 unspecified atom stereocenters. The number of pyridine rings is 1. The van der Waals surface area contributed by atoms with Crippen LogP contribution in [-0.4, -0.2) is 189 Å². The van der Waals surface area contributed by atoms with Gasteiger partial charge in [-0.05, 0) is 48.6 Å². The summed E-state index contributed by atoms with van der Waals surface area (Å²) in [6, 6.07) is 5.66. The fourth-order valence-electron chi connectivity index (χ4n) is 4.45. The SMILES string of the molecule is CO[C@H](C(O)CO)[C@H](O)C(O)C(=O)NCCCCNC(=O)CCSSc1ccccn1.CO[C@H](C(O)CO)[C@H](O)C(O)C(=O)NCCCCNC(=O)CSC(C)=O. The molecule has 12 N–H and O–H groups in total. The number of carbonyl (C=O) groups is 5. The maximum absolute atomic E-state index is 11.9. The molecule has 0 aliphatic carbocycles. The van der Waals surface area contributed by atoms with Crippen molar-refractivity contribution in [1.82, 2.24) is 26.3 Å². The van der Waals surface area contributed by atoms with Crippen LogP contribution < -0.4 is 21.3 Å². The number of rotatable bonds is 29. The molecule has 0 fully saturated rings. The smallest absolute Gasteiger partial charge is 0.251 e. The molecule has 4 amide bonds. The molecule has 20 nitrogen and oxygen atoms in total. The van der Waals surface area contributed by atoms with E-state index < -0.39 is 73.9 Å². The molecule has 1 heterocycles. The van der Waals surface area contributed by atoms with Gasteiger partial charge in [-0.1, -0.05) is 28.6 Å². The van der Waals surface area contributed by atoms with E-state index in [0.29, 0.717) is 50.9 Å². The molecule has 0 aliphatic heterocycles. The Morgan fingerprint density at radius 1 is 0.702 bits per heavy atom. The molecular weight excluding hydrogens is 815 g/mol. The molecule has 23 heteroatoms. The van der Waals surface area contributed by atoms with E-state index in [9.17, 15) is 54.6 Å². The van der Waals surface area contributed by atoms with Crippen molar-refractivity contribution < 1.29 is 74.3 Å². The zero-order valence-corrected chi connectivity index (χ0v) is 34.7. The summed E-state index contributed by atoms with van der Waals surface area (Å²) in [5.41, 5.74) is 0. The van der Waals surface area contributed by atoms with Crippen molar-refractivity contribution in [2.75, 3.05) is 65.1 Å². The highest BCUT2D eigenvalue weighted by molar-refractivity contribution is 8.76. The van der Waals surface area contributed by atoms with E-state index in [0.717, 1.165) is 16.8 Å². The van der Waals surface area contributed by atoms with Gasteiger partial charge in [0, 0.05) is 65.7 Å². The summed E-state index contributed by atoms with van der Waals surface area (Å²) in [7, 11) is 5.43. The second-order valence-corrected chi connectivity index (χ2v) is 15.7. The number of nitrogens with zero attached hydrogens (tertiary/aromatic N) is 1. The van der Waals surface area contributed by atoms with Crippen LogP contribution in [0.1, 0.15) is 39.0 Å². The van der Waals surface area contributed by atoms with Gasteiger partial charge in [-0.2, -0.15) is 0 Å². The number of methoxy groups -OCH3 is 2. The first kappa shape index (κ1) is 54.3. The number of nitrogens with one attached hydrogen (secondary N) is 4. The Morgan fingerprint density at radius 3 is 1.56 bits per heavy atom. The molecule has 328 valence electrons. The summed E-state index contributed by atoms with van der Waals surface area (Å²) in [5, 5.41) is 87.4. The molecule has 0 aliphatic rings. The third-order valence-corrected chi connectivity index (χ3v) is 10.7. The van der Waals surface area contributed by atoms with E-state index in [1.165, 1.54) is 31.9 Å². The predicted octanol–water partition coefficient (Wildman–Crippen LogP) is -3.32. The van der Waals surface area contributed by atoms with Crippen molar-refractivity contribution in [2.45, 2.75) is 92.9 Å². The van der Waals surface area contributed by atoms with Crippen LogP contribution >= 0.6 is 33.3 Å². The van der Waals surface area contributed by atoms with Gasteiger partial charge in [0.15, 0.2) is 17.3 Å². The summed E-state index contributed by atoms with van der Waals surface area (Å²) < 4.78 is 9.62. The van der Waals surface area contributed by atoms with E-state index in [1.807, 2.05) is 18.2 Å². The summed E-state index contributed by atoms with van der Waals surface area (Å²) in [6.07, 6.45) is -8.15. The molecule has 0 saturated heterocycles. The molecule has 0 saturated carbocycles. The maximum atomic E-state index is 11.9. The van der Waals surface area contributed by atoms with Crippen LogP contribution in [0.2, 0.25) is 0 Å². The predicted molar refractivity (Wildman–Crippen MR) is 213 cm³/mol. The highest BCUT2D eigenvalue weighted by atomic mass is 33.1. The summed E-state index contributed by atoms with van der Waals surface area (Å²) in [5.74, 6) is -1.23. The van der Waals surface area contributed by atoms with Crippen LogP contribution in [0.5, 0.6) is 0 Å². The number of carbonyl (C=O) groups excluding carboxylic acids is 5. The van der Waals surface area contributed by atoms with Gasteiger partial charge in [-0.25, -0.2) is 4.98 Å².